The van der Waals surface area contributed by atoms with Crippen molar-refractivity contribution in [3.8, 4) is 0 Å². The molecule has 34 heavy (non-hydrogen) atoms. The Bertz CT molecular complexity index is 1020. The first-order valence-corrected chi connectivity index (χ1v) is 13.1. The Morgan fingerprint density at radius 3 is 2.35 bits per heavy atom. The molecule has 2 fully saturated rings. The maximum absolute atomic E-state index is 12.7. The van der Waals surface area contributed by atoms with Crippen LogP contribution in [-0.4, -0.2) is 45.5 Å². The van der Waals surface area contributed by atoms with Gasteiger partial charge in [-0.3, -0.25) is 9.59 Å². The van der Waals surface area contributed by atoms with E-state index in [1.807, 2.05) is 39.2 Å². The first-order chi connectivity index (χ1) is 16.3. The van der Waals surface area contributed by atoms with Gasteiger partial charge in [-0.1, -0.05) is 23.7 Å². The number of halogens is 1. The van der Waals surface area contributed by atoms with Gasteiger partial charge in [-0.15, -0.1) is 10.2 Å². The van der Waals surface area contributed by atoms with Gasteiger partial charge in [-0.2, -0.15) is 0 Å². The second-order valence-electron chi connectivity index (χ2n) is 10.4. The molecule has 0 unspecified atom stereocenters. The van der Waals surface area contributed by atoms with Gasteiger partial charge in [0.15, 0.2) is 0 Å². The Morgan fingerprint density at radius 1 is 1.03 bits per heavy atom. The minimum Gasteiger partial charge on any atom is -0.349 e. The number of hydrogen-bond acceptors (Lipinski definition) is 4. The fourth-order valence-electron chi connectivity index (χ4n) is 5.25. The number of nitrogens with zero attached hydrogens (tertiary/aromatic N) is 4. The van der Waals surface area contributed by atoms with Gasteiger partial charge >= 0.3 is 0 Å². The van der Waals surface area contributed by atoms with Crippen LogP contribution in [-0.2, 0) is 28.9 Å². The van der Waals surface area contributed by atoms with Crippen LogP contribution in [0.2, 0.25) is 5.02 Å². The number of carbonyl (C=O) groups excluding carboxylic acids is 2. The number of aryl methyl sites for hydroxylation is 2. The summed E-state index contributed by atoms with van der Waals surface area (Å²) in [7, 11) is 3.70. The molecule has 6 nitrogen and oxygen atoms in total. The number of benzene rings is 1. The van der Waals surface area contributed by atoms with Gasteiger partial charge in [-0.05, 0) is 75.0 Å². The summed E-state index contributed by atoms with van der Waals surface area (Å²) in [6.07, 6.45) is 10.1. The Balaban J connectivity index is 1.30. The molecule has 184 valence electrons. The maximum atomic E-state index is 12.7. The van der Waals surface area contributed by atoms with Crippen molar-refractivity contribution in [1.29, 1.82) is 0 Å². The van der Waals surface area contributed by atoms with Crippen LogP contribution in [0.3, 0.4) is 0 Å². The highest BCUT2D eigenvalue weighted by Gasteiger charge is 2.31. The zero-order chi connectivity index (χ0) is 24.2. The fourth-order valence-corrected chi connectivity index (χ4v) is 5.44. The van der Waals surface area contributed by atoms with Crippen molar-refractivity contribution >= 4 is 23.3 Å². The summed E-state index contributed by atoms with van der Waals surface area (Å²) in [4.78, 5) is 26.6. The molecule has 0 spiro atoms. The van der Waals surface area contributed by atoms with Gasteiger partial charge in [0.1, 0.15) is 17.4 Å². The third-order valence-corrected chi connectivity index (χ3v) is 7.97. The molecule has 0 bridgehead atoms. The van der Waals surface area contributed by atoms with Crippen molar-refractivity contribution in [2.45, 2.75) is 83.6 Å². The summed E-state index contributed by atoms with van der Waals surface area (Å²) in [6.45, 7) is 1.97. The van der Waals surface area contributed by atoms with Crippen molar-refractivity contribution < 1.29 is 9.59 Å². The smallest absolute Gasteiger partial charge is 0.225 e. The second-order valence-corrected chi connectivity index (χ2v) is 10.8. The largest absolute Gasteiger partial charge is 0.349 e. The lowest BCUT2D eigenvalue weighted by Crippen LogP contribution is -2.32. The molecule has 1 heterocycles. The first kappa shape index (κ1) is 24.9. The molecule has 2 aliphatic rings. The minimum absolute atomic E-state index is 0.196. The highest BCUT2D eigenvalue weighted by molar-refractivity contribution is 6.31. The Labute approximate surface area is 208 Å². The average Bonchev–Trinajstić information content (AvgIpc) is 3.58. The van der Waals surface area contributed by atoms with Crippen molar-refractivity contribution in [2.75, 3.05) is 14.1 Å². The molecule has 0 radical (unpaired) electrons. The molecule has 2 aromatic rings. The third-order valence-electron chi connectivity index (χ3n) is 7.56. The van der Waals surface area contributed by atoms with E-state index in [-0.39, 0.29) is 17.6 Å². The van der Waals surface area contributed by atoms with Crippen molar-refractivity contribution in [1.82, 2.24) is 19.7 Å². The van der Waals surface area contributed by atoms with E-state index in [9.17, 15) is 9.59 Å². The summed E-state index contributed by atoms with van der Waals surface area (Å²) in [6, 6.07) is 6.24. The van der Waals surface area contributed by atoms with Crippen molar-refractivity contribution in [3.05, 3.63) is 46.0 Å². The van der Waals surface area contributed by atoms with Crippen LogP contribution < -0.4 is 0 Å². The van der Waals surface area contributed by atoms with Gasteiger partial charge in [0.2, 0.25) is 5.91 Å². The number of carbonyl (C=O) groups is 2. The molecular weight excluding hydrogens is 448 g/mol. The standard InChI is InChI=1S/C27H37ClN4O2/c1-18-21(5-4-6-24(18)28)17-23(33)14-16-26-30-29-25(32(26)22-12-13-22)15-9-19-7-10-20(11-8-19)27(34)31(2)3/h4-6,19-20,22H,7-17H2,1-3H3. The highest BCUT2D eigenvalue weighted by atomic mass is 35.5. The molecule has 1 aromatic heterocycles. The lowest BCUT2D eigenvalue weighted by molar-refractivity contribution is -0.134. The molecule has 0 N–H and O–H groups in total. The van der Waals surface area contributed by atoms with Crippen LogP contribution in [0, 0.1) is 18.8 Å². The van der Waals surface area contributed by atoms with E-state index >= 15 is 0 Å². The number of Topliss-reactive ketones (excluding diaryl/α,β-unsaturated/α-hetero) is 1. The third kappa shape index (κ3) is 6.07. The van der Waals surface area contributed by atoms with E-state index in [1.54, 1.807) is 4.90 Å². The molecule has 0 atom stereocenters. The van der Waals surface area contributed by atoms with Crippen LogP contribution in [0.1, 0.15) is 80.2 Å². The molecular formula is C27H37ClN4O2. The van der Waals surface area contributed by atoms with Crippen LogP contribution in [0.15, 0.2) is 18.2 Å². The lowest BCUT2D eigenvalue weighted by atomic mass is 9.79. The summed E-state index contributed by atoms with van der Waals surface area (Å²) in [5, 5.41) is 9.74. The van der Waals surface area contributed by atoms with E-state index in [0.29, 0.717) is 36.2 Å². The van der Waals surface area contributed by atoms with E-state index in [1.165, 1.54) is 12.8 Å². The SMILES string of the molecule is Cc1c(Cl)cccc1CC(=O)CCc1nnc(CCC2CCC(C(=O)N(C)C)CC2)n1C1CC1. The second kappa shape index (κ2) is 11.0. The molecule has 4 rings (SSSR count). The zero-order valence-electron chi connectivity index (χ0n) is 20.7. The number of amides is 1. The molecule has 1 aromatic carbocycles. The van der Waals surface area contributed by atoms with E-state index in [0.717, 1.165) is 61.3 Å². The van der Waals surface area contributed by atoms with Crippen LogP contribution in [0.25, 0.3) is 0 Å². The summed E-state index contributed by atoms with van der Waals surface area (Å²) < 4.78 is 2.32. The quantitative estimate of drug-likeness (QED) is 0.468. The zero-order valence-corrected chi connectivity index (χ0v) is 21.5. The highest BCUT2D eigenvalue weighted by Crippen LogP contribution is 2.38. The monoisotopic (exact) mass is 484 g/mol. The van der Waals surface area contributed by atoms with Crippen LogP contribution in [0.4, 0.5) is 0 Å². The number of ketones is 1. The summed E-state index contributed by atoms with van der Waals surface area (Å²) in [5.41, 5.74) is 1.99. The number of hydrogen-bond donors (Lipinski definition) is 0. The molecule has 7 heteroatoms. The van der Waals surface area contributed by atoms with Gasteiger partial charge in [0.05, 0.1) is 0 Å². The van der Waals surface area contributed by atoms with E-state index in [2.05, 4.69) is 14.8 Å². The van der Waals surface area contributed by atoms with Gasteiger partial charge in [-0.25, -0.2) is 0 Å². The molecule has 2 saturated carbocycles. The number of rotatable bonds is 10. The summed E-state index contributed by atoms with van der Waals surface area (Å²) >= 11 is 6.20. The molecule has 0 saturated heterocycles. The first-order valence-electron chi connectivity index (χ1n) is 12.7. The van der Waals surface area contributed by atoms with Crippen LogP contribution >= 0.6 is 11.6 Å². The normalized spacial score (nSPS) is 20.4. The lowest BCUT2D eigenvalue weighted by Gasteiger charge is -2.29. The Hall–Kier alpha value is -2.21. The number of aromatic nitrogens is 3. The fraction of sp³-hybridized carbons (Fsp3) is 0.630. The molecule has 0 aliphatic heterocycles. The van der Waals surface area contributed by atoms with Crippen molar-refractivity contribution in [3.63, 3.8) is 0 Å². The predicted octanol–water partition coefficient (Wildman–Crippen LogP) is 5.15. The van der Waals surface area contributed by atoms with E-state index < -0.39 is 0 Å². The van der Waals surface area contributed by atoms with Crippen molar-refractivity contribution in [2.24, 2.45) is 11.8 Å². The van der Waals surface area contributed by atoms with Gasteiger partial charge in [0, 0.05) is 56.8 Å². The maximum Gasteiger partial charge on any atom is 0.225 e. The molecule has 1 amide bonds. The topological polar surface area (TPSA) is 68.1 Å². The van der Waals surface area contributed by atoms with Crippen LogP contribution in [0.5, 0.6) is 0 Å². The minimum atomic E-state index is 0.196. The van der Waals surface area contributed by atoms with Gasteiger partial charge < -0.3 is 9.47 Å². The predicted molar refractivity (Wildman–Crippen MR) is 134 cm³/mol. The Kier molecular flexibility index (Phi) is 8.07. The molecule has 2 aliphatic carbocycles. The average molecular weight is 485 g/mol. The Morgan fingerprint density at radius 2 is 1.71 bits per heavy atom. The summed E-state index contributed by atoms with van der Waals surface area (Å²) in [5.74, 6) is 3.36. The van der Waals surface area contributed by atoms with Gasteiger partial charge in [0.25, 0.3) is 0 Å². The van der Waals surface area contributed by atoms with E-state index in [4.69, 9.17) is 11.6 Å².